The molecule has 1 fully saturated rings. The van der Waals surface area contributed by atoms with E-state index in [0.717, 1.165) is 36.9 Å². The molecule has 1 aliphatic rings. The summed E-state index contributed by atoms with van der Waals surface area (Å²) < 4.78 is 0. The molecular formula is C20H21Cl2N3O. The zero-order valence-electron chi connectivity index (χ0n) is 14.6. The van der Waals surface area contributed by atoms with Crippen LogP contribution in [0.1, 0.15) is 6.92 Å². The molecule has 1 saturated heterocycles. The van der Waals surface area contributed by atoms with Crippen LogP contribution in [0.4, 0.5) is 11.4 Å². The summed E-state index contributed by atoms with van der Waals surface area (Å²) in [7, 11) is 0. The molecule has 0 spiro atoms. The van der Waals surface area contributed by atoms with E-state index in [-0.39, 0.29) is 5.91 Å². The lowest BCUT2D eigenvalue weighted by Crippen LogP contribution is -2.45. The Kier molecular flexibility index (Phi) is 6.07. The average Bonchev–Trinajstić information content (AvgIpc) is 2.62. The first-order valence-electron chi connectivity index (χ1n) is 8.51. The molecule has 6 heteroatoms. The van der Waals surface area contributed by atoms with Crippen LogP contribution in [0, 0.1) is 0 Å². The van der Waals surface area contributed by atoms with Crippen molar-refractivity contribution in [2.75, 3.05) is 36.4 Å². The van der Waals surface area contributed by atoms with Crippen molar-refractivity contribution < 1.29 is 4.79 Å². The second-order valence-corrected chi connectivity index (χ2v) is 7.11. The molecule has 4 nitrogen and oxygen atoms in total. The van der Waals surface area contributed by atoms with Gasteiger partial charge in [-0.1, -0.05) is 29.3 Å². The third-order valence-electron chi connectivity index (χ3n) is 4.40. The highest BCUT2D eigenvalue weighted by Crippen LogP contribution is 2.21. The summed E-state index contributed by atoms with van der Waals surface area (Å²) in [4.78, 5) is 16.8. The van der Waals surface area contributed by atoms with E-state index in [9.17, 15) is 4.79 Å². The molecule has 0 aromatic heterocycles. The van der Waals surface area contributed by atoms with Gasteiger partial charge in [-0.3, -0.25) is 4.79 Å². The van der Waals surface area contributed by atoms with Crippen LogP contribution in [0.2, 0.25) is 10.0 Å². The molecule has 2 aromatic rings. The minimum atomic E-state index is -0.148. The number of benzene rings is 2. The molecule has 0 unspecified atom stereocenters. The predicted molar refractivity (Wildman–Crippen MR) is 109 cm³/mol. The van der Waals surface area contributed by atoms with Crippen molar-refractivity contribution in [3.05, 3.63) is 70.3 Å². The number of allylic oxidation sites excluding steroid dienone is 1. The molecule has 26 heavy (non-hydrogen) atoms. The first-order valence-corrected chi connectivity index (χ1v) is 9.27. The number of nitrogens with one attached hydrogen (secondary N) is 1. The molecule has 3 rings (SSSR count). The van der Waals surface area contributed by atoms with Crippen LogP contribution < -0.4 is 10.2 Å². The van der Waals surface area contributed by atoms with Crippen molar-refractivity contribution >= 4 is 40.5 Å². The van der Waals surface area contributed by atoms with Crippen molar-refractivity contribution in [2.24, 2.45) is 0 Å². The van der Waals surface area contributed by atoms with Crippen LogP contribution in [-0.2, 0) is 4.79 Å². The SMILES string of the molecule is C/C(=C\C(=O)Nc1cccc(Cl)c1)N1CCN(c2ccc(Cl)cc2)CC1. The first-order chi connectivity index (χ1) is 12.5. The standard InChI is InChI=1S/C20H21Cl2N3O/c1-15(13-20(26)23-18-4-2-3-17(22)14-18)24-9-11-25(12-10-24)19-7-5-16(21)6-8-19/h2-8,13-14H,9-12H2,1H3,(H,23,26)/b15-13+. The molecule has 0 atom stereocenters. The fourth-order valence-electron chi connectivity index (χ4n) is 2.99. The van der Waals surface area contributed by atoms with Gasteiger partial charge in [0.05, 0.1) is 0 Å². The minimum absolute atomic E-state index is 0.148. The van der Waals surface area contributed by atoms with Gasteiger partial charge in [-0.2, -0.15) is 0 Å². The number of rotatable bonds is 4. The van der Waals surface area contributed by atoms with Gasteiger partial charge in [-0.15, -0.1) is 0 Å². The van der Waals surface area contributed by atoms with Gasteiger partial charge in [-0.05, 0) is 49.4 Å². The minimum Gasteiger partial charge on any atom is -0.371 e. The van der Waals surface area contributed by atoms with Crippen LogP contribution in [0.25, 0.3) is 0 Å². The van der Waals surface area contributed by atoms with Gasteiger partial charge in [0, 0.05) is 59.4 Å². The van der Waals surface area contributed by atoms with Crippen molar-refractivity contribution in [2.45, 2.75) is 6.92 Å². The quantitative estimate of drug-likeness (QED) is 0.772. The number of carbonyl (C=O) groups is 1. The Balaban J connectivity index is 1.55. The smallest absolute Gasteiger partial charge is 0.250 e. The number of hydrogen-bond acceptors (Lipinski definition) is 3. The summed E-state index contributed by atoms with van der Waals surface area (Å²) in [5, 5.41) is 4.19. The zero-order valence-corrected chi connectivity index (χ0v) is 16.1. The average molecular weight is 390 g/mol. The highest BCUT2D eigenvalue weighted by atomic mass is 35.5. The van der Waals surface area contributed by atoms with Crippen LogP contribution in [-0.4, -0.2) is 37.0 Å². The number of nitrogens with zero attached hydrogens (tertiary/aromatic N) is 2. The number of amides is 1. The summed E-state index contributed by atoms with van der Waals surface area (Å²) >= 11 is 11.9. The lowest BCUT2D eigenvalue weighted by Gasteiger charge is -2.37. The molecule has 1 aliphatic heterocycles. The summed E-state index contributed by atoms with van der Waals surface area (Å²) in [6.45, 7) is 5.52. The van der Waals surface area contributed by atoms with Gasteiger partial charge in [0.15, 0.2) is 0 Å². The molecule has 0 radical (unpaired) electrons. The van der Waals surface area contributed by atoms with Crippen LogP contribution in [0.3, 0.4) is 0 Å². The fourth-order valence-corrected chi connectivity index (χ4v) is 3.31. The Morgan fingerprint density at radius 2 is 1.69 bits per heavy atom. The molecule has 136 valence electrons. The maximum absolute atomic E-state index is 12.2. The van der Waals surface area contributed by atoms with E-state index in [4.69, 9.17) is 23.2 Å². The van der Waals surface area contributed by atoms with Gasteiger partial charge in [0.25, 0.3) is 0 Å². The van der Waals surface area contributed by atoms with Gasteiger partial charge in [0.2, 0.25) is 5.91 Å². The Morgan fingerprint density at radius 3 is 2.35 bits per heavy atom. The van der Waals surface area contributed by atoms with Gasteiger partial charge < -0.3 is 15.1 Å². The number of anilines is 2. The van der Waals surface area contributed by atoms with Crippen molar-refractivity contribution in [3.8, 4) is 0 Å². The monoisotopic (exact) mass is 389 g/mol. The molecule has 2 aromatic carbocycles. The predicted octanol–water partition coefficient (Wildman–Crippen LogP) is 4.66. The lowest BCUT2D eigenvalue weighted by molar-refractivity contribution is -0.112. The lowest BCUT2D eigenvalue weighted by atomic mass is 10.2. The molecule has 0 bridgehead atoms. The number of halogens is 2. The van der Waals surface area contributed by atoms with Crippen molar-refractivity contribution in [3.63, 3.8) is 0 Å². The largest absolute Gasteiger partial charge is 0.371 e. The first kappa shape index (κ1) is 18.6. The molecular weight excluding hydrogens is 369 g/mol. The van der Waals surface area contributed by atoms with Crippen LogP contribution in [0.5, 0.6) is 0 Å². The Bertz CT molecular complexity index is 797. The number of piperazine rings is 1. The van der Waals surface area contributed by atoms with E-state index in [1.54, 1.807) is 18.2 Å². The number of carbonyl (C=O) groups excluding carboxylic acids is 1. The molecule has 1 N–H and O–H groups in total. The Labute approximate surface area is 164 Å². The summed E-state index contributed by atoms with van der Waals surface area (Å²) in [5.74, 6) is -0.148. The molecule has 0 aliphatic carbocycles. The molecule has 1 heterocycles. The second kappa shape index (κ2) is 8.47. The van der Waals surface area contributed by atoms with Gasteiger partial charge in [0.1, 0.15) is 0 Å². The zero-order chi connectivity index (χ0) is 18.5. The van der Waals surface area contributed by atoms with Crippen LogP contribution >= 0.6 is 23.2 Å². The fraction of sp³-hybridized carbons (Fsp3) is 0.250. The topological polar surface area (TPSA) is 35.6 Å². The molecule has 1 amide bonds. The maximum atomic E-state index is 12.2. The number of hydrogen-bond donors (Lipinski definition) is 1. The highest BCUT2D eigenvalue weighted by Gasteiger charge is 2.17. The summed E-state index contributed by atoms with van der Waals surface area (Å²) in [6.07, 6.45) is 1.64. The van der Waals surface area contributed by atoms with Gasteiger partial charge in [-0.25, -0.2) is 0 Å². The van der Waals surface area contributed by atoms with Gasteiger partial charge >= 0.3 is 0 Å². The molecule has 0 saturated carbocycles. The highest BCUT2D eigenvalue weighted by molar-refractivity contribution is 6.31. The van der Waals surface area contributed by atoms with Crippen molar-refractivity contribution in [1.29, 1.82) is 0 Å². The van der Waals surface area contributed by atoms with E-state index in [1.165, 1.54) is 5.69 Å². The van der Waals surface area contributed by atoms with E-state index < -0.39 is 0 Å². The van der Waals surface area contributed by atoms with Crippen molar-refractivity contribution in [1.82, 2.24) is 4.90 Å². The van der Waals surface area contributed by atoms with E-state index in [0.29, 0.717) is 10.7 Å². The third kappa shape index (κ3) is 4.93. The second-order valence-electron chi connectivity index (χ2n) is 6.24. The summed E-state index contributed by atoms with van der Waals surface area (Å²) in [6, 6.07) is 15.0. The summed E-state index contributed by atoms with van der Waals surface area (Å²) in [5.41, 5.74) is 2.83. The van der Waals surface area contributed by atoms with Crippen LogP contribution in [0.15, 0.2) is 60.3 Å². The third-order valence-corrected chi connectivity index (χ3v) is 4.89. The maximum Gasteiger partial charge on any atom is 0.250 e. The van der Waals surface area contributed by atoms with E-state index in [1.807, 2.05) is 43.3 Å². The van der Waals surface area contributed by atoms with E-state index >= 15 is 0 Å². The Hall–Kier alpha value is -2.17. The normalized spacial score (nSPS) is 15.1. The Morgan fingerprint density at radius 1 is 1.00 bits per heavy atom. The van der Waals surface area contributed by atoms with E-state index in [2.05, 4.69) is 15.1 Å².